The van der Waals surface area contributed by atoms with E-state index in [0.29, 0.717) is 0 Å². The van der Waals surface area contributed by atoms with Gasteiger partial charge in [-0.1, -0.05) is 0 Å². The van der Waals surface area contributed by atoms with E-state index in [1.807, 2.05) is 0 Å². The van der Waals surface area contributed by atoms with Crippen molar-refractivity contribution in [3.63, 3.8) is 0 Å². The van der Waals surface area contributed by atoms with E-state index >= 15 is 0 Å². The largest absolute Gasteiger partial charge is 0.480 e. The van der Waals surface area contributed by atoms with Crippen LogP contribution in [-0.2, 0) is 19.1 Å². The van der Waals surface area contributed by atoms with Gasteiger partial charge in [-0.2, -0.15) is 0 Å². The van der Waals surface area contributed by atoms with Crippen LogP contribution in [0.2, 0.25) is 0 Å². The van der Waals surface area contributed by atoms with Crippen LogP contribution in [0.5, 0.6) is 0 Å². The molecule has 0 radical (unpaired) electrons. The standard InChI is InChI=1S/C12H22N2O5/c1-7(10(16)14-8(2)11(17)18)13-6-9(15)19-12(3,4)5/h7-8,13H,6H2,1-5H3,(H,14,16)(H,17,18)/t7-,8-/m0/s1. The molecular weight excluding hydrogens is 252 g/mol. The van der Waals surface area contributed by atoms with E-state index in [0.717, 1.165) is 0 Å². The highest BCUT2D eigenvalue weighted by molar-refractivity contribution is 5.86. The summed E-state index contributed by atoms with van der Waals surface area (Å²) in [7, 11) is 0. The molecule has 0 fully saturated rings. The zero-order valence-electron chi connectivity index (χ0n) is 11.9. The first-order valence-electron chi connectivity index (χ1n) is 6.01. The van der Waals surface area contributed by atoms with E-state index in [4.69, 9.17) is 9.84 Å². The van der Waals surface area contributed by atoms with Crippen LogP contribution < -0.4 is 10.6 Å². The van der Waals surface area contributed by atoms with Crippen LogP contribution in [0.15, 0.2) is 0 Å². The van der Waals surface area contributed by atoms with Crippen LogP contribution in [0.25, 0.3) is 0 Å². The third-order valence-corrected chi connectivity index (χ3v) is 2.10. The van der Waals surface area contributed by atoms with Crippen molar-refractivity contribution in [1.29, 1.82) is 0 Å². The average Bonchev–Trinajstić information content (AvgIpc) is 2.23. The van der Waals surface area contributed by atoms with Crippen LogP contribution in [0.4, 0.5) is 0 Å². The third kappa shape index (κ3) is 8.15. The zero-order valence-corrected chi connectivity index (χ0v) is 11.9. The van der Waals surface area contributed by atoms with Crippen molar-refractivity contribution in [3.05, 3.63) is 0 Å². The van der Waals surface area contributed by atoms with Crippen LogP contribution in [0, 0.1) is 0 Å². The molecule has 1 amide bonds. The molecule has 0 bridgehead atoms. The van der Waals surface area contributed by atoms with Crippen LogP contribution in [0.3, 0.4) is 0 Å². The first-order valence-corrected chi connectivity index (χ1v) is 6.01. The lowest BCUT2D eigenvalue weighted by Crippen LogP contribution is -2.49. The number of carbonyl (C=O) groups is 3. The molecule has 0 aliphatic carbocycles. The number of ether oxygens (including phenoxy) is 1. The smallest absolute Gasteiger partial charge is 0.325 e. The zero-order chi connectivity index (χ0) is 15.2. The van der Waals surface area contributed by atoms with Crippen molar-refractivity contribution >= 4 is 17.8 Å². The van der Waals surface area contributed by atoms with E-state index in [2.05, 4.69) is 10.6 Å². The van der Waals surface area contributed by atoms with Gasteiger partial charge in [-0.15, -0.1) is 0 Å². The maximum Gasteiger partial charge on any atom is 0.325 e. The summed E-state index contributed by atoms with van der Waals surface area (Å²) < 4.78 is 5.06. The highest BCUT2D eigenvalue weighted by atomic mass is 16.6. The Morgan fingerprint density at radius 1 is 1.16 bits per heavy atom. The Balaban J connectivity index is 4.11. The maximum absolute atomic E-state index is 11.6. The lowest BCUT2D eigenvalue weighted by atomic mass is 10.2. The Hall–Kier alpha value is -1.63. The summed E-state index contributed by atoms with van der Waals surface area (Å²) in [4.78, 5) is 33.5. The van der Waals surface area contributed by atoms with Crippen molar-refractivity contribution in [3.8, 4) is 0 Å². The van der Waals surface area contributed by atoms with E-state index in [1.54, 1.807) is 20.8 Å². The van der Waals surface area contributed by atoms with Gasteiger partial charge in [0.2, 0.25) is 5.91 Å². The Kier molecular flexibility index (Phi) is 6.47. The summed E-state index contributed by atoms with van der Waals surface area (Å²) in [5.74, 6) is -2.08. The summed E-state index contributed by atoms with van der Waals surface area (Å²) >= 11 is 0. The molecule has 7 heteroatoms. The topological polar surface area (TPSA) is 105 Å². The molecule has 19 heavy (non-hydrogen) atoms. The summed E-state index contributed by atoms with van der Waals surface area (Å²) in [5, 5.41) is 13.6. The van der Waals surface area contributed by atoms with Crippen molar-refractivity contribution in [2.75, 3.05) is 6.54 Å². The molecule has 2 atom stereocenters. The Bertz CT molecular complexity index is 349. The first-order chi connectivity index (χ1) is 8.53. The number of hydrogen-bond acceptors (Lipinski definition) is 5. The molecule has 0 aliphatic heterocycles. The Labute approximate surface area is 112 Å². The fraction of sp³-hybridized carbons (Fsp3) is 0.750. The Morgan fingerprint density at radius 3 is 2.11 bits per heavy atom. The molecule has 0 rings (SSSR count). The average molecular weight is 274 g/mol. The predicted molar refractivity (Wildman–Crippen MR) is 68.6 cm³/mol. The molecule has 0 saturated carbocycles. The lowest BCUT2D eigenvalue weighted by molar-refractivity contribution is -0.153. The first kappa shape index (κ1) is 17.4. The fourth-order valence-corrected chi connectivity index (χ4v) is 1.11. The number of aliphatic carboxylic acids is 1. The van der Waals surface area contributed by atoms with Crippen LogP contribution in [0.1, 0.15) is 34.6 Å². The quantitative estimate of drug-likeness (QED) is 0.584. The molecule has 3 N–H and O–H groups in total. The minimum absolute atomic E-state index is 0.118. The maximum atomic E-state index is 11.6. The number of rotatable bonds is 6. The van der Waals surface area contributed by atoms with Gasteiger partial charge in [-0.05, 0) is 34.6 Å². The molecule has 0 heterocycles. The SMILES string of the molecule is C[C@H](NC(=O)[C@H](C)NCC(=O)OC(C)(C)C)C(=O)O. The summed E-state index contributed by atoms with van der Waals surface area (Å²) in [6.45, 7) is 8.02. The number of carboxylic acid groups (broad SMARTS) is 1. The number of hydrogen-bond donors (Lipinski definition) is 3. The lowest BCUT2D eigenvalue weighted by Gasteiger charge is -2.21. The van der Waals surface area contributed by atoms with E-state index in [-0.39, 0.29) is 6.54 Å². The molecule has 0 aromatic heterocycles. The number of nitrogens with one attached hydrogen (secondary N) is 2. The molecule has 7 nitrogen and oxygen atoms in total. The molecule has 0 aliphatic rings. The van der Waals surface area contributed by atoms with Gasteiger partial charge in [-0.25, -0.2) is 0 Å². The normalized spacial score (nSPS) is 14.4. The third-order valence-electron chi connectivity index (χ3n) is 2.10. The summed E-state index contributed by atoms with van der Waals surface area (Å²) in [6, 6.07) is -1.66. The van der Waals surface area contributed by atoms with Crippen molar-refractivity contribution in [1.82, 2.24) is 10.6 Å². The Morgan fingerprint density at radius 2 is 1.68 bits per heavy atom. The monoisotopic (exact) mass is 274 g/mol. The van der Waals surface area contributed by atoms with E-state index < -0.39 is 35.5 Å². The minimum Gasteiger partial charge on any atom is -0.480 e. The van der Waals surface area contributed by atoms with E-state index in [1.165, 1.54) is 13.8 Å². The second-order valence-electron chi connectivity index (χ2n) is 5.26. The molecule has 0 unspecified atom stereocenters. The predicted octanol–water partition coefficient (Wildman–Crippen LogP) is -0.104. The van der Waals surface area contributed by atoms with Crippen LogP contribution in [-0.4, -0.2) is 47.2 Å². The van der Waals surface area contributed by atoms with E-state index in [9.17, 15) is 14.4 Å². The molecule has 0 aromatic carbocycles. The molecule has 110 valence electrons. The van der Waals surface area contributed by atoms with Gasteiger partial charge < -0.3 is 15.2 Å². The van der Waals surface area contributed by atoms with Gasteiger partial charge >= 0.3 is 11.9 Å². The number of esters is 1. The van der Waals surface area contributed by atoms with Crippen molar-refractivity contribution in [2.24, 2.45) is 0 Å². The number of amides is 1. The van der Waals surface area contributed by atoms with Gasteiger partial charge in [0.25, 0.3) is 0 Å². The summed E-state index contributed by atoms with van der Waals surface area (Å²) in [6.07, 6.45) is 0. The van der Waals surface area contributed by atoms with Gasteiger partial charge in [-0.3, -0.25) is 19.7 Å². The van der Waals surface area contributed by atoms with Gasteiger partial charge in [0.15, 0.2) is 0 Å². The number of carboxylic acids is 1. The highest BCUT2D eigenvalue weighted by Gasteiger charge is 2.21. The molecule has 0 saturated heterocycles. The fourth-order valence-electron chi connectivity index (χ4n) is 1.11. The van der Waals surface area contributed by atoms with Gasteiger partial charge in [0, 0.05) is 0 Å². The summed E-state index contributed by atoms with van der Waals surface area (Å²) in [5.41, 5.74) is -0.581. The second-order valence-corrected chi connectivity index (χ2v) is 5.26. The van der Waals surface area contributed by atoms with Gasteiger partial charge in [0.05, 0.1) is 12.6 Å². The second kappa shape index (κ2) is 7.08. The molecular formula is C12H22N2O5. The van der Waals surface area contributed by atoms with Gasteiger partial charge in [0.1, 0.15) is 11.6 Å². The molecule has 0 aromatic rings. The highest BCUT2D eigenvalue weighted by Crippen LogP contribution is 2.06. The van der Waals surface area contributed by atoms with Crippen molar-refractivity contribution < 1.29 is 24.2 Å². The van der Waals surface area contributed by atoms with Crippen molar-refractivity contribution in [2.45, 2.75) is 52.3 Å². The molecule has 0 spiro atoms. The minimum atomic E-state index is -1.12. The van der Waals surface area contributed by atoms with Crippen LogP contribution >= 0.6 is 0 Å². The number of carbonyl (C=O) groups excluding carboxylic acids is 2.